The second-order valence-electron chi connectivity index (χ2n) is 4.74. The summed E-state index contributed by atoms with van der Waals surface area (Å²) < 4.78 is 0. The standard InChI is InChI=1S/C16H20N4O/c1-2-3-9-17-15(21)14-11-19-16(20-12-14)18-10-13-7-5-4-6-8-13/h4-8,11-12H,2-3,9-10H2,1H3,(H,17,21)(H,18,19,20). The van der Waals surface area contributed by atoms with Crippen LogP contribution in [0.1, 0.15) is 35.7 Å². The van der Waals surface area contributed by atoms with Crippen LogP contribution in [0.2, 0.25) is 0 Å². The summed E-state index contributed by atoms with van der Waals surface area (Å²) in [6.07, 6.45) is 5.12. The van der Waals surface area contributed by atoms with Crippen molar-refractivity contribution >= 4 is 11.9 Å². The molecular formula is C16H20N4O. The lowest BCUT2D eigenvalue weighted by Crippen LogP contribution is -2.24. The minimum atomic E-state index is -0.127. The molecule has 0 bridgehead atoms. The number of anilines is 1. The second-order valence-corrected chi connectivity index (χ2v) is 4.74. The van der Waals surface area contributed by atoms with E-state index < -0.39 is 0 Å². The Morgan fingerprint density at radius 1 is 1.14 bits per heavy atom. The molecule has 2 rings (SSSR count). The van der Waals surface area contributed by atoms with Gasteiger partial charge in [-0.2, -0.15) is 0 Å². The molecule has 0 saturated heterocycles. The zero-order valence-electron chi connectivity index (χ0n) is 12.2. The number of carbonyl (C=O) groups is 1. The molecule has 0 atom stereocenters. The van der Waals surface area contributed by atoms with Crippen LogP contribution in [0.4, 0.5) is 5.95 Å². The summed E-state index contributed by atoms with van der Waals surface area (Å²) in [5.74, 6) is 0.391. The summed E-state index contributed by atoms with van der Waals surface area (Å²) >= 11 is 0. The van der Waals surface area contributed by atoms with Crippen LogP contribution < -0.4 is 10.6 Å². The SMILES string of the molecule is CCCCNC(=O)c1cnc(NCc2ccccc2)nc1. The van der Waals surface area contributed by atoms with E-state index in [9.17, 15) is 4.79 Å². The van der Waals surface area contributed by atoms with E-state index in [-0.39, 0.29) is 5.91 Å². The molecule has 5 nitrogen and oxygen atoms in total. The normalized spacial score (nSPS) is 10.1. The number of rotatable bonds is 7. The highest BCUT2D eigenvalue weighted by atomic mass is 16.1. The molecule has 1 heterocycles. The van der Waals surface area contributed by atoms with Gasteiger partial charge in [0.25, 0.3) is 5.91 Å². The van der Waals surface area contributed by atoms with Crippen molar-refractivity contribution in [3.05, 3.63) is 53.9 Å². The lowest BCUT2D eigenvalue weighted by atomic mass is 10.2. The highest BCUT2D eigenvalue weighted by Crippen LogP contribution is 2.04. The maximum atomic E-state index is 11.8. The van der Waals surface area contributed by atoms with Crippen LogP contribution in [0.5, 0.6) is 0 Å². The number of hydrogen-bond donors (Lipinski definition) is 2. The summed E-state index contributed by atoms with van der Waals surface area (Å²) in [7, 11) is 0. The van der Waals surface area contributed by atoms with Crippen molar-refractivity contribution in [3.8, 4) is 0 Å². The molecule has 0 aliphatic rings. The molecule has 0 fully saturated rings. The average Bonchev–Trinajstić information content (AvgIpc) is 2.54. The van der Waals surface area contributed by atoms with E-state index in [1.165, 1.54) is 0 Å². The summed E-state index contributed by atoms with van der Waals surface area (Å²) in [4.78, 5) is 20.1. The fraction of sp³-hybridized carbons (Fsp3) is 0.312. The summed E-state index contributed by atoms with van der Waals surface area (Å²) in [6, 6.07) is 10.0. The van der Waals surface area contributed by atoms with Gasteiger partial charge in [0.15, 0.2) is 0 Å². The Balaban J connectivity index is 1.85. The number of nitrogens with one attached hydrogen (secondary N) is 2. The van der Waals surface area contributed by atoms with Crippen LogP contribution in [-0.4, -0.2) is 22.4 Å². The minimum Gasteiger partial charge on any atom is -0.352 e. The van der Waals surface area contributed by atoms with Crippen LogP contribution in [0, 0.1) is 0 Å². The number of hydrogen-bond acceptors (Lipinski definition) is 4. The van der Waals surface area contributed by atoms with E-state index in [0.29, 0.717) is 24.6 Å². The van der Waals surface area contributed by atoms with Crippen molar-refractivity contribution in [1.82, 2.24) is 15.3 Å². The fourth-order valence-electron chi connectivity index (χ4n) is 1.79. The van der Waals surface area contributed by atoms with Gasteiger partial charge in [-0.3, -0.25) is 4.79 Å². The van der Waals surface area contributed by atoms with Gasteiger partial charge in [0, 0.05) is 25.5 Å². The topological polar surface area (TPSA) is 66.9 Å². The first-order chi connectivity index (χ1) is 10.3. The van der Waals surface area contributed by atoms with Gasteiger partial charge in [0.1, 0.15) is 0 Å². The molecule has 1 aromatic heterocycles. The van der Waals surface area contributed by atoms with Gasteiger partial charge in [0.2, 0.25) is 5.95 Å². The van der Waals surface area contributed by atoms with Crippen molar-refractivity contribution < 1.29 is 4.79 Å². The van der Waals surface area contributed by atoms with Gasteiger partial charge < -0.3 is 10.6 Å². The molecule has 0 saturated carbocycles. The first-order valence-electron chi connectivity index (χ1n) is 7.17. The van der Waals surface area contributed by atoms with Gasteiger partial charge in [-0.25, -0.2) is 9.97 Å². The monoisotopic (exact) mass is 284 g/mol. The van der Waals surface area contributed by atoms with E-state index in [2.05, 4.69) is 27.5 Å². The molecular weight excluding hydrogens is 264 g/mol. The molecule has 2 N–H and O–H groups in total. The first-order valence-corrected chi connectivity index (χ1v) is 7.17. The highest BCUT2D eigenvalue weighted by molar-refractivity contribution is 5.93. The molecule has 1 amide bonds. The Kier molecular flexibility index (Phi) is 5.70. The molecule has 0 aliphatic carbocycles. The maximum absolute atomic E-state index is 11.8. The van der Waals surface area contributed by atoms with Gasteiger partial charge in [-0.15, -0.1) is 0 Å². The minimum absolute atomic E-state index is 0.127. The quantitative estimate of drug-likeness (QED) is 0.767. The molecule has 0 aliphatic heterocycles. The molecule has 21 heavy (non-hydrogen) atoms. The maximum Gasteiger partial charge on any atom is 0.254 e. The van der Waals surface area contributed by atoms with Crippen LogP contribution in [-0.2, 0) is 6.54 Å². The second kappa shape index (κ2) is 7.99. The molecule has 0 radical (unpaired) electrons. The number of unbranched alkanes of at least 4 members (excludes halogenated alkanes) is 1. The predicted molar refractivity (Wildman–Crippen MR) is 83.0 cm³/mol. The first kappa shape index (κ1) is 15.0. The lowest BCUT2D eigenvalue weighted by Gasteiger charge is -2.06. The third-order valence-electron chi connectivity index (χ3n) is 3.02. The number of aromatic nitrogens is 2. The smallest absolute Gasteiger partial charge is 0.254 e. The third-order valence-corrected chi connectivity index (χ3v) is 3.02. The van der Waals surface area contributed by atoms with Gasteiger partial charge >= 0.3 is 0 Å². The van der Waals surface area contributed by atoms with E-state index in [4.69, 9.17) is 0 Å². The molecule has 0 spiro atoms. The number of carbonyl (C=O) groups excluding carboxylic acids is 1. The van der Waals surface area contributed by atoms with Crippen LogP contribution in [0.15, 0.2) is 42.7 Å². The van der Waals surface area contributed by atoms with E-state index in [0.717, 1.165) is 18.4 Å². The van der Waals surface area contributed by atoms with Crippen molar-refractivity contribution in [1.29, 1.82) is 0 Å². The zero-order chi connectivity index (χ0) is 14.9. The molecule has 5 heteroatoms. The Hall–Kier alpha value is -2.43. The van der Waals surface area contributed by atoms with Gasteiger partial charge in [0.05, 0.1) is 5.56 Å². The highest BCUT2D eigenvalue weighted by Gasteiger charge is 2.06. The number of nitrogens with zero attached hydrogens (tertiary/aromatic N) is 2. The Bertz CT molecular complexity index is 554. The van der Waals surface area contributed by atoms with E-state index in [1.807, 2.05) is 30.3 Å². The summed E-state index contributed by atoms with van der Waals surface area (Å²) in [5.41, 5.74) is 1.64. The largest absolute Gasteiger partial charge is 0.352 e. The van der Waals surface area contributed by atoms with Crippen molar-refractivity contribution in [2.45, 2.75) is 26.3 Å². The number of amides is 1. The third kappa shape index (κ3) is 4.87. The average molecular weight is 284 g/mol. The summed E-state index contributed by atoms with van der Waals surface area (Å²) in [5, 5.41) is 5.96. The molecule has 1 aromatic carbocycles. The lowest BCUT2D eigenvalue weighted by molar-refractivity contribution is 0.0952. The van der Waals surface area contributed by atoms with Crippen LogP contribution in [0.25, 0.3) is 0 Å². The molecule has 2 aromatic rings. The summed E-state index contributed by atoms with van der Waals surface area (Å²) in [6.45, 7) is 3.43. The molecule has 110 valence electrons. The zero-order valence-corrected chi connectivity index (χ0v) is 12.2. The van der Waals surface area contributed by atoms with Crippen molar-refractivity contribution in [3.63, 3.8) is 0 Å². The Morgan fingerprint density at radius 3 is 2.52 bits per heavy atom. The van der Waals surface area contributed by atoms with E-state index >= 15 is 0 Å². The van der Waals surface area contributed by atoms with Gasteiger partial charge in [-0.05, 0) is 12.0 Å². The van der Waals surface area contributed by atoms with Crippen molar-refractivity contribution in [2.24, 2.45) is 0 Å². The predicted octanol–water partition coefficient (Wildman–Crippen LogP) is 2.62. The van der Waals surface area contributed by atoms with E-state index in [1.54, 1.807) is 12.4 Å². The Morgan fingerprint density at radius 2 is 1.86 bits per heavy atom. The Labute approximate surface area is 124 Å². The van der Waals surface area contributed by atoms with Gasteiger partial charge in [-0.1, -0.05) is 43.7 Å². The van der Waals surface area contributed by atoms with Crippen LogP contribution in [0.3, 0.4) is 0 Å². The molecule has 0 unspecified atom stereocenters. The number of benzene rings is 1. The van der Waals surface area contributed by atoms with Crippen LogP contribution >= 0.6 is 0 Å². The fourth-order valence-corrected chi connectivity index (χ4v) is 1.79. The van der Waals surface area contributed by atoms with Crippen molar-refractivity contribution in [2.75, 3.05) is 11.9 Å².